The Labute approximate surface area is 221 Å². The van der Waals surface area contributed by atoms with Crippen LogP contribution in [-0.2, 0) is 15.9 Å². The van der Waals surface area contributed by atoms with E-state index in [1.54, 1.807) is 13.3 Å². The summed E-state index contributed by atoms with van der Waals surface area (Å²) in [7, 11) is 1.64. The molecule has 194 valence electrons. The molecule has 0 spiro atoms. The summed E-state index contributed by atoms with van der Waals surface area (Å²) in [6.07, 6.45) is 8.38. The fourth-order valence-electron chi connectivity index (χ4n) is 5.24. The Morgan fingerprint density at radius 1 is 1.31 bits per heavy atom. The molecule has 0 amide bonds. The number of anilines is 1. The van der Waals surface area contributed by atoms with Gasteiger partial charge in [-0.3, -0.25) is 4.98 Å². The van der Waals surface area contributed by atoms with Gasteiger partial charge < -0.3 is 20.1 Å². The largest absolute Gasteiger partial charge is 0.383 e. The topological polar surface area (TPSA) is 92.1 Å². The number of ether oxygens (including phenoxy) is 2. The molecule has 0 radical (unpaired) electrons. The number of hydrogen-bond donors (Lipinski definition) is 2. The van der Waals surface area contributed by atoms with Crippen LogP contribution in [0.5, 0.6) is 0 Å². The molecule has 0 aromatic carbocycles. The number of methoxy groups -OCH3 is 1. The van der Waals surface area contributed by atoms with Gasteiger partial charge >= 0.3 is 0 Å². The first kappa shape index (κ1) is 25.4. The van der Waals surface area contributed by atoms with Gasteiger partial charge in [0.15, 0.2) is 0 Å². The number of nitrogens with one attached hydrogen (secondary N) is 2. The maximum Gasteiger partial charge on any atom is 0.126 e. The molecule has 1 atom stereocenters. The zero-order valence-corrected chi connectivity index (χ0v) is 22.1. The van der Waals surface area contributed by atoms with Gasteiger partial charge in [-0.25, -0.2) is 4.98 Å². The van der Waals surface area contributed by atoms with Crippen molar-refractivity contribution < 1.29 is 10.8 Å². The minimum Gasteiger partial charge on any atom is -0.383 e. The molecule has 1 saturated carbocycles. The molecular formula is C28H38ClN5O2. The van der Waals surface area contributed by atoms with Crippen molar-refractivity contribution in [3.63, 3.8) is 0 Å². The van der Waals surface area contributed by atoms with E-state index in [2.05, 4.69) is 27.8 Å². The van der Waals surface area contributed by atoms with Crippen LogP contribution in [0.3, 0.4) is 0 Å². The first-order chi connectivity index (χ1) is 17.8. The van der Waals surface area contributed by atoms with Crippen LogP contribution < -0.4 is 10.6 Å². The van der Waals surface area contributed by atoms with Crippen LogP contribution in [0.1, 0.15) is 52.5 Å². The lowest BCUT2D eigenvalue weighted by molar-refractivity contribution is 0.0455. The normalized spacial score (nSPS) is 23.8. The van der Waals surface area contributed by atoms with E-state index >= 15 is 0 Å². The molecule has 0 unspecified atom stereocenters. The molecule has 36 heavy (non-hydrogen) atoms. The second-order valence-corrected chi connectivity index (χ2v) is 10.6. The summed E-state index contributed by atoms with van der Waals surface area (Å²) in [6, 6.07) is 9.99. The maximum atomic E-state index is 9.73. The van der Waals surface area contributed by atoms with Crippen molar-refractivity contribution in [3.05, 3.63) is 41.2 Å². The molecule has 0 bridgehead atoms. The SMILES string of the molecule is [2H][C@](C)(COC)NC1CCC(Cc2cc(-c3cccc(NCC4(C#N)CCOCC4)n3)c(Cl)cn2)CC1. The van der Waals surface area contributed by atoms with Crippen LogP contribution in [0.25, 0.3) is 11.3 Å². The molecule has 8 heteroatoms. The second-order valence-electron chi connectivity index (χ2n) is 10.2. The highest BCUT2D eigenvalue weighted by Gasteiger charge is 2.32. The molecule has 2 aromatic rings. The number of pyridine rings is 2. The summed E-state index contributed by atoms with van der Waals surface area (Å²) in [5.74, 6) is 1.29. The van der Waals surface area contributed by atoms with Gasteiger partial charge in [0.25, 0.3) is 0 Å². The van der Waals surface area contributed by atoms with E-state index in [4.69, 9.17) is 27.4 Å². The van der Waals surface area contributed by atoms with Crippen molar-refractivity contribution >= 4 is 17.4 Å². The van der Waals surface area contributed by atoms with Gasteiger partial charge in [-0.2, -0.15) is 5.26 Å². The van der Waals surface area contributed by atoms with E-state index in [0.717, 1.165) is 67.7 Å². The van der Waals surface area contributed by atoms with Crippen molar-refractivity contribution in [2.45, 2.75) is 63.9 Å². The average Bonchev–Trinajstić information content (AvgIpc) is 2.90. The minimum absolute atomic E-state index is 0.350. The van der Waals surface area contributed by atoms with E-state index in [9.17, 15) is 5.26 Å². The fourth-order valence-corrected chi connectivity index (χ4v) is 5.44. The third-order valence-corrected chi connectivity index (χ3v) is 7.69. The van der Waals surface area contributed by atoms with Crippen LogP contribution in [0.4, 0.5) is 5.82 Å². The van der Waals surface area contributed by atoms with Crippen molar-refractivity contribution in [1.82, 2.24) is 15.3 Å². The highest BCUT2D eigenvalue weighted by atomic mass is 35.5. The number of halogens is 1. The second kappa shape index (κ2) is 12.8. The monoisotopic (exact) mass is 512 g/mol. The maximum absolute atomic E-state index is 9.73. The minimum atomic E-state index is -0.755. The predicted octanol–water partition coefficient (Wildman–Crippen LogP) is 5.26. The van der Waals surface area contributed by atoms with Gasteiger partial charge in [-0.05, 0) is 76.0 Å². The molecule has 1 aliphatic heterocycles. The first-order valence-corrected chi connectivity index (χ1v) is 13.3. The summed E-state index contributed by atoms with van der Waals surface area (Å²) < 4.78 is 18.9. The van der Waals surface area contributed by atoms with Crippen LogP contribution in [0.2, 0.25) is 5.02 Å². The van der Waals surface area contributed by atoms with Gasteiger partial charge in [0.05, 0.1) is 28.8 Å². The van der Waals surface area contributed by atoms with E-state index in [1.165, 1.54) is 0 Å². The van der Waals surface area contributed by atoms with Gasteiger partial charge in [-0.1, -0.05) is 17.7 Å². The quantitative estimate of drug-likeness (QED) is 0.448. The van der Waals surface area contributed by atoms with E-state index in [0.29, 0.717) is 43.3 Å². The van der Waals surface area contributed by atoms with Crippen molar-refractivity contribution in [1.29, 1.82) is 5.26 Å². The van der Waals surface area contributed by atoms with Crippen molar-refractivity contribution in [2.24, 2.45) is 11.3 Å². The number of rotatable bonds is 10. The summed E-state index contributed by atoms with van der Waals surface area (Å²) in [4.78, 5) is 9.42. The Balaban J connectivity index is 1.37. The van der Waals surface area contributed by atoms with Gasteiger partial charge in [0.1, 0.15) is 5.82 Å². The van der Waals surface area contributed by atoms with E-state index < -0.39 is 11.4 Å². The highest BCUT2D eigenvalue weighted by Crippen LogP contribution is 2.32. The summed E-state index contributed by atoms with van der Waals surface area (Å²) >= 11 is 6.56. The Kier molecular flexibility index (Phi) is 9.05. The summed E-state index contributed by atoms with van der Waals surface area (Å²) in [5.41, 5.74) is 2.26. The average molecular weight is 513 g/mol. The third-order valence-electron chi connectivity index (χ3n) is 7.39. The summed E-state index contributed by atoms with van der Waals surface area (Å²) in [5, 5.41) is 17.1. The number of hydrogen-bond acceptors (Lipinski definition) is 7. The van der Waals surface area contributed by atoms with Gasteiger partial charge in [0.2, 0.25) is 0 Å². The predicted molar refractivity (Wildman–Crippen MR) is 143 cm³/mol. The number of aromatic nitrogens is 2. The zero-order chi connectivity index (χ0) is 26.3. The standard InChI is InChI=1S/C28H38ClN5O2/c1-20(17-35-2)33-22-8-6-21(7-9-22)14-23-15-24(25(29)16-31-23)26-4-3-5-27(34-26)32-19-28(18-30)10-12-36-13-11-28/h3-5,15-16,20-22,33H,6-14,17,19H2,1-2H3,(H,32,34)/t20-,21?,22?/m0/s1/i20D. The first-order valence-electron chi connectivity index (χ1n) is 13.4. The summed E-state index contributed by atoms with van der Waals surface area (Å²) in [6.45, 7) is 4.03. The highest BCUT2D eigenvalue weighted by molar-refractivity contribution is 6.33. The lowest BCUT2D eigenvalue weighted by Crippen LogP contribution is -2.41. The molecule has 2 N–H and O–H groups in total. The molecular weight excluding hydrogens is 474 g/mol. The van der Waals surface area contributed by atoms with Crippen molar-refractivity contribution in [3.8, 4) is 17.3 Å². The van der Waals surface area contributed by atoms with Gasteiger partial charge in [-0.15, -0.1) is 0 Å². The van der Waals surface area contributed by atoms with Crippen molar-refractivity contribution in [2.75, 3.05) is 38.8 Å². The van der Waals surface area contributed by atoms with Crippen LogP contribution >= 0.6 is 11.6 Å². The Morgan fingerprint density at radius 2 is 2.08 bits per heavy atom. The molecule has 7 nitrogen and oxygen atoms in total. The number of nitrogens with zero attached hydrogens (tertiary/aromatic N) is 3. The smallest absolute Gasteiger partial charge is 0.126 e. The van der Waals surface area contributed by atoms with Crippen LogP contribution in [0, 0.1) is 22.7 Å². The molecule has 1 saturated heterocycles. The van der Waals surface area contributed by atoms with Gasteiger partial charge in [0, 0.05) is 57.8 Å². The Hall–Kier alpha value is -2.24. The number of nitriles is 1. The van der Waals surface area contributed by atoms with Crippen LogP contribution in [0.15, 0.2) is 30.5 Å². The molecule has 3 heterocycles. The fraction of sp³-hybridized carbons (Fsp3) is 0.607. The van der Waals surface area contributed by atoms with E-state index in [1.807, 2.05) is 25.1 Å². The lowest BCUT2D eigenvalue weighted by atomic mass is 9.82. The Bertz CT molecular complexity index is 1080. The molecule has 2 aromatic heterocycles. The molecule has 2 aliphatic rings. The van der Waals surface area contributed by atoms with Crippen LogP contribution in [-0.4, -0.2) is 55.5 Å². The molecule has 4 rings (SSSR count). The third kappa shape index (κ3) is 7.17. The van der Waals surface area contributed by atoms with E-state index in [-0.39, 0.29) is 0 Å². The Morgan fingerprint density at radius 3 is 2.81 bits per heavy atom. The lowest BCUT2D eigenvalue weighted by Gasteiger charge is -2.31. The molecule has 2 fully saturated rings. The molecule has 1 aliphatic carbocycles. The zero-order valence-electron chi connectivity index (χ0n) is 22.4.